The van der Waals surface area contributed by atoms with Crippen molar-refractivity contribution in [3.8, 4) is 11.1 Å². The summed E-state index contributed by atoms with van der Waals surface area (Å²) in [5, 5.41) is 26.0. The van der Waals surface area contributed by atoms with Crippen LogP contribution < -0.4 is 5.32 Å². The van der Waals surface area contributed by atoms with Gasteiger partial charge < -0.3 is 15.2 Å². The third kappa shape index (κ3) is 4.99. The predicted octanol–water partition coefficient (Wildman–Crippen LogP) is 3.68. The zero-order valence-corrected chi connectivity index (χ0v) is 18.8. The number of nitrogens with one attached hydrogen (secondary N) is 1. The molecule has 5 heterocycles. The fraction of sp³-hybridized carbons (Fsp3) is 0.375. The number of nitrogens with zero attached hydrogens (tertiary/aromatic N) is 6. The zero-order chi connectivity index (χ0) is 22.8. The highest BCUT2D eigenvalue weighted by molar-refractivity contribution is 5.81. The second-order valence-electron chi connectivity index (χ2n) is 8.98. The second-order valence-corrected chi connectivity index (χ2v) is 8.98. The number of aromatic nitrogens is 6. The molecule has 170 valence electrons. The molecule has 0 amide bonds. The molecule has 5 rings (SSSR count). The molecule has 1 aliphatic heterocycles. The Morgan fingerprint density at radius 1 is 1.06 bits per heavy atom. The molecule has 0 atom stereocenters. The van der Waals surface area contributed by atoms with Crippen LogP contribution in [0, 0.1) is 5.92 Å². The molecule has 4 aromatic rings. The van der Waals surface area contributed by atoms with E-state index < -0.39 is 5.60 Å². The molecule has 0 aromatic carbocycles. The standard InChI is InChI=1S/C24H27N7O2/c1-24(2,32)19-10-23(30-26-13-19)29-22-4-3-20-21(28-22)9-17(11-25-20)18-12-27-31(15-18)14-16-5-7-33-8-6-16/h3-4,9-13,15-16,32H,5-8,14H2,1-2H3,(H,28,29,30). The number of aliphatic hydroxyl groups is 1. The Morgan fingerprint density at radius 2 is 1.91 bits per heavy atom. The third-order valence-corrected chi connectivity index (χ3v) is 5.91. The summed E-state index contributed by atoms with van der Waals surface area (Å²) in [7, 11) is 0. The van der Waals surface area contributed by atoms with Gasteiger partial charge in [0.05, 0.1) is 29.0 Å². The number of ether oxygens (including phenoxy) is 1. The van der Waals surface area contributed by atoms with Gasteiger partial charge >= 0.3 is 0 Å². The van der Waals surface area contributed by atoms with Crippen LogP contribution in [-0.2, 0) is 16.9 Å². The van der Waals surface area contributed by atoms with Crippen molar-refractivity contribution in [2.45, 2.75) is 38.8 Å². The van der Waals surface area contributed by atoms with Crippen LogP contribution in [0.1, 0.15) is 32.3 Å². The van der Waals surface area contributed by atoms with Crippen LogP contribution in [0.4, 0.5) is 11.6 Å². The first-order chi connectivity index (χ1) is 15.9. The third-order valence-electron chi connectivity index (χ3n) is 5.91. The average molecular weight is 446 g/mol. The van der Waals surface area contributed by atoms with Gasteiger partial charge in [0, 0.05) is 48.8 Å². The molecule has 4 aromatic heterocycles. The normalized spacial score (nSPS) is 15.1. The second kappa shape index (κ2) is 8.84. The molecule has 0 spiro atoms. The average Bonchev–Trinajstić information content (AvgIpc) is 3.27. The maximum atomic E-state index is 10.2. The van der Waals surface area contributed by atoms with Crippen molar-refractivity contribution in [2.75, 3.05) is 18.5 Å². The lowest BCUT2D eigenvalue weighted by Gasteiger charge is -2.21. The Bertz CT molecular complexity index is 1260. The molecule has 9 heteroatoms. The minimum Gasteiger partial charge on any atom is -0.386 e. The van der Waals surface area contributed by atoms with Gasteiger partial charge in [0.2, 0.25) is 0 Å². The molecule has 0 aliphatic carbocycles. The van der Waals surface area contributed by atoms with Crippen LogP contribution in [0.15, 0.2) is 49.1 Å². The first-order valence-corrected chi connectivity index (χ1v) is 11.1. The molecular weight excluding hydrogens is 418 g/mol. The number of hydrogen-bond acceptors (Lipinski definition) is 8. The lowest BCUT2D eigenvalue weighted by Crippen LogP contribution is -2.20. The van der Waals surface area contributed by atoms with E-state index in [4.69, 9.17) is 9.72 Å². The van der Waals surface area contributed by atoms with Crippen molar-refractivity contribution in [3.05, 3.63) is 54.6 Å². The Morgan fingerprint density at radius 3 is 2.73 bits per heavy atom. The molecule has 33 heavy (non-hydrogen) atoms. The number of anilines is 2. The van der Waals surface area contributed by atoms with E-state index >= 15 is 0 Å². The SMILES string of the molecule is CC(C)(O)c1cnnc(Nc2ccc3ncc(-c4cnn(CC5CCOCC5)c4)cc3n2)c1. The summed E-state index contributed by atoms with van der Waals surface area (Å²) < 4.78 is 7.46. The largest absolute Gasteiger partial charge is 0.386 e. The Labute approximate surface area is 191 Å². The molecule has 1 aliphatic rings. The monoisotopic (exact) mass is 445 g/mol. The van der Waals surface area contributed by atoms with Crippen LogP contribution in [0.3, 0.4) is 0 Å². The minimum atomic E-state index is -1.00. The smallest absolute Gasteiger partial charge is 0.154 e. The fourth-order valence-electron chi connectivity index (χ4n) is 3.93. The van der Waals surface area contributed by atoms with Crippen molar-refractivity contribution < 1.29 is 9.84 Å². The maximum absolute atomic E-state index is 10.2. The highest BCUT2D eigenvalue weighted by atomic mass is 16.5. The summed E-state index contributed by atoms with van der Waals surface area (Å²) in [6, 6.07) is 7.54. The molecular formula is C24H27N7O2. The van der Waals surface area contributed by atoms with Gasteiger partial charge in [-0.2, -0.15) is 10.2 Å². The summed E-state index contributed by atoms with van der Waals surface area (Å²) in [4.78, 5) is 9.28. The molecule has 0 radical (unpaired) electrons. The van der Waals surface area contributed by atoms with Crippen molar-refractivity contribution in [2.24, 2.45) is 5.92 Å². The van der Waals surface area contributed by atoms with Gasteiger partial charge in [-0.05, 0) is 56.9 Å². The van der Waals surface area contributed by atoms with Crippen molar-refractivity contribution in [1.29, 1.82) is 0 Å². The lowest BCUT2D eigenvalue weighted by molar-refractivity contribution is 0.0601. The summed E-state index contributed by atoms with van der Waals surface area (Å²) >= 11 is 0. The number of pyridine rings is 2. The van der Waals surface area contributed by atoms with E-state index in [1.165, 1.54) is 0 Å². The van der Waals surface area contributed by atoms with E-state index in [9.17, 15) is 5.11 Å². The molecule has 0 saturated carbocycles. The molecule has 9 nitrogen and oxygen atoms in total. The summed E-state index contributed by atoms with van der Waals surface area (Å²) in [5.41, 5.74) is 3.21. The predicted molar refractivity (Wildman–Crippen MR) is 125 cm³/mol. The van der Waals surface area contributed by atoms with Gasteiger partial charge in [0.15, 0.2) is 5.82 Å². The van der Waals surface area contributed by atoms with Crippen molar-refractivity contribution in [1.82, 2.24) is 29.9 Å². The topological polar surface area (TPSA) is 111 Å². The van der Waals surface area contributed by atoms with E-state index in [2.05, 4.69) is 31.8 Å². The van der Waals surface area contributed by atoms with Crippen molar-refractivity contribution >= 4 is 22.7 Å². The van der Waals surface area contributed by atoms with Crippen LogP contribution in [0.25, 0.3) is 22.2 Å². The molecule has 2 N–H and O–H groups in total. The Kier molecular flexibility index (Phi) is 5.74. The maximum Gasteiger partial charge on any atom is 0.154 e. The minimum absolute atomic E-state index is 0.514. The van der Waals surface area contributed by atoms with Gasteiger partial charge in [-0.1, -0.05) is 0 Å². The lowest BCUT2D eigenvalue weighted by atomic mass is 10.0. The number of fused-ring (bicyclic) bond motifs is 1. The summed E-state index contributed by atoms with van der Waals surface area (Å²) in [6.07, 6.45) is 9.51. The van der Waals surface area contributed by atoms with E-state index in [1.807, 2.05) is 35.3 Å². The first-order valence-electron chi connectivity index (χ1n) is 11.1. The summed E-state index contributed by atoms with van der Waals surface area (Å²) in [6.45, 7) is 6.00. The van der Waals surface area contributed by atoms with Gasteiger partial charge in [-0.25, -0.2) is 4.98 Å². The van der Waals surface area contributed by atoms with E-state index in [0.717, 1.165) is 54.8 Å². The molecule has 0 unspecified atom stereocenters. The van der Waals surface area contributed by atoms with Crippen LogP contribution in [0.5, 0.6) is 0 Å². The van der Waals surface area contributed by atoms with Gasteiger partial charge in [0.1, 0.15) is 5.82 Å². The number of hydrogen-bond donors (Lipinski definition) is 2. The zero-order valence-electron chi connectivity index (χ0n) is 18.8. The molecule has 1 saturated heterocycles. The van der Waals surface area contributed by atoms with E-state index in [0.29, 0.717) is 23.1 Å². The van der Waals surface area contributed by atoms with E-state index in [-0.39, 0.29) is 0 Å². The quantitative estimate of drug-likeness (QED) is 0.462. The van der Waals surface area contributed by atoms with E-state index in [1.54, 1.807) is 26.1 Å². The van der Waals surface area contributed by atoms with Gasteiger partial charge in [-0.15, -0.1) is 5.10 Å². The highest BCUT2D eigenvalue weighted by Gasteiger charge is 2.18. The number of rotatable bonds is 6. The van der Waals surface area contributed by atoms with Gasteiger partial charge in [0.25, 0.3) is 0 Å². The van der Waals surface area contributed by atoms with Gasteiger partial charge in [-0.3, -0.25) is 9.67 Å². The Hall–Kier alpha value is -3.43. The first kappa shape index (κ1) is 21.4. The Balaban J connectivity index is 1.36. The molecule has 1 fully saturated rings. The summed E-state index contributed by atoms with van der Waals surface area (Å²) in [5.74, 6) is 1.74. The fourth-order valence-corrected chi connectivity index (χ4v) is 3.93. The van der Waals surface area contributed by atoms with Crippen LogP contribution >= 0.6 is 0 Å². The van der Waals surface area contributed by atoms with Crippen LogP contribution in [-0.4, -0.2) is 48.3 Å². The highest BCUT2D eigenvalue weighted by Crippen LogP contribution is 2.25. The molecule has 0 bridgehead atoms. The van der Waals surface area contributed by atoms with Crippen molar-refractivity contribution in [3.63, 3.8) is 0 Å². The van der Waals surface area contributed by atoms with Crippen LogP contribution in [0.2, 0.25) is 0 Å².